The molecule has 2 fully saturated rings. The van der Waals surface area contributed by atoms with Crippen LogP contribution >= 0.6 is 0 Å². The topological polar surface area (TPSA) is 67.5 Å². The zero-order valence-corrected chi connectivity index (χ0v) is 11.9. The van der Waals surface area contributed by atoms with E-state index in [1.807, 2.05) is 12.4 Å². The van der Waals surface area contributed by atoms with Gasteiger partial charge in [0.15, 0.2) is 0 Å². The van der Waals surface area contributed by atoms with Crippen molar-refractivity contribution in [3.63, 3.8) is 0 Å². The highest BCUT2D eigenvalue weighted by atomic mass is 16.5. The monoisotopic (exact) mass is 277 g/mol. The minimum absolute atomic E-state index is 0.200. The summed E-state index contributed by atoms with van der Waals surface area (Å²) in [5.74, 6) is 0.851. The maximum absolute atomic E-state index is 5.95. The van der Waals surface area contributed by atoms with Gasteiger partial charge in [-0.1, -0.05) is 0 Å². The molecule has 3 rings (SSSR count). The molecule has 2 aliphatic heterocycles. The number of anilines is 1. The van der Waals surface area contributed by atoms with E-state index in [1.165, 1.54) is 12.8 Å². The molecule has 6 heteroatoms. The van der Waals surface area contributed by atoms with Crippen LogP contribution in [0.2, 0.25) is 0 Å². The molecule has 0 aromatic carbocycles. The molecule has 0 radical (unpaired) electrons. The maximum Gasteiger partial charge on any atom is 0.225 e. The fraction of sp³-hybridized carbons (Fsp3) is 0.714. The summed E-state index contributed by atoms with van der Waals surface area (Å²) in [5, 5.41) is 0. The molecule has 110 valence electrons. The number of morpholine rings is 1. The van der Waals surface area contributed by atoms with E-state index >= 15 is 0 Å². The third kappa shape index (κ3) is 2.92. The Kier molecular flexibility index (Phi) is 4.44. The van der Waals surface area contributed by atoms with Crippen LogP contribution in [0.3, 0.4) is 0 Å². The summed E-state index contributed by atoms with van der Waals surface area (Å²) in [4.78, 5) is 13.7. The molecule has 1 unspecified atom stereocenters. The smallest absolute Gasteiger partial charge is 0.225 e. The van der Waals surface area contributed by atoms with Gasteiger partial charge in [0.25, 0.3) is 0 Å². The van der Waals surface area contributed by atoms with Crippen molar-refractivity contribution in [1.29, 1.82) is 0 Å². The molecule has 20 heavy (non-hydrogen) atoms. The Balaban J connectivity index is 1.71. The summed E-state index contributed by atoms with van der Waals surface area (Å²) in [7, 11) is 0. The highest BCUT2D eigenvalue weighted by molar-refractivity contribution is 5.31. The normalized spacial score (nSPS) is 22.1. The highest BCUT2D eigenvalue weighted by Crippen LogP contribution is 2.21. The molecule has 1 aromatic rings. The van der Waals surface area contributed by atoms with Gasteiger partial charge < -0.3 is 15.4 Å². The minimum atomic E-state index is 0.200. The predicted octanol–water partition coefficient (Wildman–Crippen LogP) is 0.409. The lowest BCUT2D eigenvalue weighted by molar-refractivity contribution is 0.0177. The largest absolute Gasteiger partial charge is 0.379 e. The molecule has 3 heterocycles. The first-order chi connectivity index (χ1) is 9.88. The van der Waals surface area contributed by atoms with Crippen LogP contribution in [0, 0.1) is 0 Å². The molecule has 1 atom stereocenters. The second-order valence-corrected chi connectivity index (χ2v) is 5.41. The Morgan fingerprint density at radius 1 is 1.10 bits per heavy atom. The molecule has 1 aromatic heterocycles. The average molecular weight is 277 g/mol. The zero-order valence-electron chi connectivity index (χ0n) is 11.9. The van der Waals surface area contributed by atoms with E-state index in [4.69, 9.17) is 10.5 Å². The van der Waals surface area contributed by atoms with Crippen molar-refractivity contribution in [3.8, 4) is 0 Å². The molecule has 2 aliphatic rings. The van der Waals surface area contributed by atoms with Crippen molar-refractivity contribution < 1.29 is 4.74 Å². The number of hydrogen-bond donors (Lipinski definition) is 1. The maximum atomic E-state index is 5.95. The molecular weight excluding hydrogens is 254 g/mol. The second kappa shape index (κ2) is 6.47. The Morgan fingerprint density at radius 2 is 1.75 bits per heavy atom. The van der Waals surface area contributed by atoms with Gasteiger partial charge in [-0.3, -0.25) is 4.90 Å². The summed E-state index contributed by atoms with van der Waals surface area (Å²) < 4.78 is 5.40. The van der Waals surface area contributed by atoms with Crippen LogP contribution in [0.4, 0.5) is 5.95 Å². The number of hydrogen-bond acceptors (Lipinski definition) is 6. The first-order valence-corrected chi connectivity index (χ1v) is 7.47. The van der Waals surface area contributed by atoms with Gasteiger partial charge >= 0.3 is 0 Å². The summed E-state index contributed by atoms with van der Waals surface area (Å²) in [5.41, 5.74) is 7.06. The van der Waals surface area contributed by atoms with Crippen molar-refractivity contribution in [3.05, 3.63) is 18.0 Å². The van der Waals surface area contributed by atoms with Gasteiger partial charge in [-0.15, -0.1) is 0 Å². The summed E-state index contributed by atoms with van der Waals surface area (Å²) in [6, 6.07) is 0.200. The second-order valence-electron chi connectivity index (χ2n) is 5.41. The van der Waals surface area contributed by atoms with Crippen LogP contribution < -0.4 is 10.6 Å². The number of aromatic nitrogens is 2. The number of rotatable bonds is 4. The van der Waals surface area contributed by atoms with Gasteiger partial charge in [0, 0.05) is 50.7 Å². The Labute approximate surface area is 119 Å². The third-order valence-electron chi connectivity index (χ3n) is 4.14. The molecule has 0 amide bonds. The van der Waals surface area contributed by atoms with Crippen molar-refractivity contribution >= 4 is 5.95 Å². The molecule has 2 N–H and O–H groups in total. The van der Waals surface area contributed by atoms with E-state index in [1.54, 1.807) is 0 Å². The summed E-state index contributed by atoms with van der Waals surface area (Å²) in [6.07, 6.45) is 6.36. The SMILES string of the molecule is NCC(c1cnc(N2CCCC2)nc1)N1CCOCC1. The fourth-order valence-corrected chi connectivity index (χ4v) is 2.97. The van der Waals surface area contributed by atoms with Gasteiger partial charge in [0.05, 0.1) is 19.3 Å². The van der Waals surface area contributed by atoms with E-state index in [-0.39, 0.29) is 6.04 Å². The van der Waals surface area contributed by atoms with Gasteiger partial charge in [0.2, 0.25) is 5.95 Å². The van der Waals surface area contributed by atoms with Gasteiger partial charge in [-0.25, -0.2) is 9.97 Å². The van der Waals surface area contributed by atoms with E-state index in [0.29, 0.717) is 6.54 Å². The van der Waals surface area contributed by atoms with Crippen LogP contribution in [-0.4, -0.2) is 60.8 Å². The van der Waals surface area contributed by atoms with Crippen molar-refractivity contribution in [2.45, 2.75) is 18.9 Å². The van der Waals surface area contributed by atoms with Gasteiger partial charge in [-0.2, -0.15) is 0 Å². The quantitative estimate of drug-likeness (QED) is 0.860. The lowest BCUT2D eigenvalue weighted by atomic mass is 10.1. The van der Waals surface area contributed by atoms with Crippen LogP contribution in [-0.2, 0) is 4.74 Å². The Morgan fingerprint density at radius 3 is 2.35 bits per heavy atom. The third-order valence-corrected chi connectivity index (χ3v) is 4.14. The number of nitrogens with two attached hydrogens (primary N) is 1. The molecule has 2 saturated heterocycles. The van der Waals surface area contributed by atoms with Gasteiger partial charge in [-0.05, 0) is 12.8 Å². The van der Waals surface area contributed by atoms with Crippen molar-refractivity contribution in [2.75, 3.05) is 50.8 Å². The first-order valence-electron chi connectivity index (χ1n) is 7.47. The predicted molar refractivity (Wildman–Crippen MR) is 77.7 cm³/mol. The number of nitrogens with zero attached hydrogens (tertiary/aromatic N) is 4. The molecule has 0 aliphatic carbocycles. The van der Waals surface area contributed by atoms with E-state index in [2.05, 4.69) is 19.8 Å². The minimum Gasteiger partial charge on any atom is -0.379 e. The van der Waals surface area contributed by atoms with Crippen molar-refractivity contribution in [1.82, 2.24) is 14.9 Å². The Hall–Kier alpha value is -1.24. The van der Waals surface area contributed by atoms with Crippen LogP contribution in [0.15, 0.2) is 12.4 Å². The standard InChI is InChI=1S/C14H23N5O/c15-9-13(18-5-7-20-8-6-18)12-10-16-14(17-11-12)19-3-1-2-4-19/h10-11,13H,1-9,15H2. The molecule has 6 nitrogen and oxygen atoms in total. The Bertz CT molecular complexity index is 412. The average Bonchev–Trinajstić information content (AvgIpc) is 3.04. The molecular formula is C14H23N5O. The lowest BCUT2D eigenvalue weighted by Gasteiger charge is -2.33. The van der Waals surface area contributed by atoms with Crippen molar-refractivity contribution in [2.24, 2.45) is 5.73 Å². The van der Waals surface area contributed by atoms with Crippen LogP contribution in [0.25, 0.3) is 0 Å². The number of ether oxygens (including phenoxy) is 1. The molecule has 0 spiro atoms. The fourth-order valence-electron chi connectivity index (χ4n) is 2.97. The zero-order chi connectivity index (χ0) is 13.8. The summed E-state index contributed by atoms with van der Waals surface area (Å²) >= 11 is 0. The van der Waals surface area contributed by atoms with Crippen LogP contribution in [0.1, 0.15) is 24.4 Å². The lowest BCUT2D eigenvalue weighted by Crippen LogP contribution is -2.41. The van der Waals surface area contributed by atoms with Gasteiger partial charge in [0.1, 0.15) is 0 Å². The molecule has 0 bridgehead atoms. The van der Waals surface area contributed by atoms with E-state index < -0.39 is 0 Å². The first kappa shape index (κ1) is 13.7. The van der Waals surface area contributed by atoms with E-state index in [9.17, 15) is 0 Å². The molecule has 0 saturated carbocycles. The highest BCUT2D eigenvalue weighted by Gasteiger charge is 2.22. The summed E-state index contributed by atoms with van der Waals surface area (Å²) in [6.45, 7) is 6.15. The van der Waals surface area contributed by atoms with E-state index in [0.717, 1.165) is 50.9 Å². The van der Waals surface area contributed by atoms with Crippen LogP contribution in [0.5, 0.6) is 0 Å².